The number of carboxylic acids is 1. The van der Waals surface area contributed by atoms with Crippen molar-refractivity contribution in [2.24, 2.45) is 0 Å². The van der Waals surface area contributed by atoms with Gasteiger partial charge in [0.1, 0.15) is 0 Å². The molecule has 0 aliphatic heterocycles. The lowest BCUT2D eigenvalue weighted by Crippen LogP contribution is -2.20. The highest BCUT2D eigenvalue weighted by molar-refractivity contribution is 6.33. The predicted molar refractivity (Wildman–Crippen MR) is 47.8 cm³/mol. The molecule has 16 heavy (non-hydrogen) atoms. The molecule has 0 saturated heterocycles. The van der Waals surface area contributed by atoms with Crippen LogP contribution >= 0.6 is 11.6 Å². The largest absolute Gasteiger partial charge is 0.476 e. The first-order valence-corrected chi connectivity index (χ1v) is 4.27. The third-order valence-corrected chi connectivity index (χ3v) is 1.71. The summed E-state index contributed by atoms with van der Waals surface area (Å²) < 4.78 is 39.6. The number of aromatic carboxylic acids is 1. The lowest BCUT2D eigenvalue weighted by Gasteiger charge is -2.08. The molecule has 1 aromatic rings. The van der Waals surface area contributed by atoms with E-state index in [0.717, 1.165) is 12.1 Å². The van der Waals surface area contributed by atoms with Gasteiger partial charge in [-0.05, 0) is 6.07 Å². The van der Waals surface area contributed by atoms with Crippen molar-refractivity contribution < 1.29 is 27.8 Å². The van der Waals surface area contributed by atoms with Crippen LogP contribution in [0.2, 0.25) is 5.02 Å². The number of carbonyl (C=O) groups is 1. The van der Waals surface area contributed by atoms with E-state index in [2.05, 4.69) is 9.72 Å². The Morgan fingerprint density at radius 2 is 2.12 bits per heavy atom. The number of nitrogens with zero attached hydrogens (tertiary/aromatic N) is 1. The summed E-state index contributed by atoms with van der Waals surface area (Å²) >= 11 is 5.46. The zero-order valence-electron chi connectivity index (χ0n) is 7.58. The van der Waals surface area contributed by atoms with Gasteiger partial charge in [0.25, 0.3) is 0 Å². The van der Waals surface area contributed by atoms with Gasteiger partial charge >= 0.3 is 12.1 Å². The van der Waals surface area contributed by atoms with E-state index in [9.17, 15) is 18.0 Å². The molecule has 4 nitrogen and oxygen atoms in total. The Labute approximate surface area is 92.6 Å². The van der Waals surface area contributed by atoms with Crippen molar-refractivity contribution in [3.8, 4) is 5.88 Å². The van der Waals surface area contributed by atoms with E-state index in [1.165, 1.54) is 0 Å². The molecule has 0 unspecified atom stereocenters. The molecule has 0 spiro atoms. The summed E-state index contributed by atoms with van der Waals surface area (Å²) in [6, 6.07) is 2.16. The van der Waals surface area contributed by atoms with Gasteiger partial charge in [0.15, 0.2) is 12.3 Å². The van der Waals surface area contributed by atoms with Crippen molar-refractivity contribution in [2.75, 3.05) is 6.61 Å². The number of rotatable bonds is 3. The Bertz CT molecular complexity index is 408. The molecule has 1 aromatic heterocycles. The van der Waals surface area contributed by atoms with Gasteiger partial charge < -0.3 is 9.84 Å². The fourth-order valence-corrected chi connectivity index (χ4v) is 0.996. The number of ether oxygens (including phenoxy) is 1. The Balaban J connectivity index is 2.83. The zero-order valence-corrected chi connectivity index (χ0v) is 8.34. The molecule has 0 amide bonds. The maximum absolute atomic E-state index is 11.8. The van der Waals surface area contributed by atoms with Crippen molar-refractivity contribution in [2.45, 2.75) is 6.18 Å². The summed E-state index contributed by atoms with van der Waals surface area (Å²) in [4.78, 5) is 13.9. The lowest BCUT2D eigenvalue weighted by molar-refractivity contribution is -0.154. The first kappa shape index (κ1) is 12.6. The second-order valence-corrected chi connectivity index (χ2v) is 3.10. The molecule has 1 N–H and O–H groups in total. The predicted octanol–water partition coefficient (Wildman–Crippen LogP) is 2.37. The molecule has 0 atom stereocenters. The van der Waals surface area contributed by atoms with Gasteiger partial charge in [0.05, 0.1) is 5.02 Å². The summed E-state index contributed by atoms with van der Waals surface area (Å²) in [5.41, 5.74) is -0.554. The Hall–Kier alpha value is -1.50. The normalized spacial score (nSPS) is 11.2. The third kappa shape index (κ3) is 3.58. The Morgan fingerprint density at radius 1 is 1.50 bits per heavy atom. The fraction of sp³-hybridized carbons (Fsp3) is 0.250. The van der Waals surface area contributed by atoms with Crippen molar-refractivity contribution in [3.05, 3.63) is 22.8 Å². The van der Waals surface area contributed by atoms with Crippen LogP contribution in [-0.4, -0.2) is 28.8 Å². The highest BCUT2D eigenvalue weighted by Crippen LogP contribution is 2.20. The Kier molecular flexibility index (Phi) is 3.58. The third-order valence-electron chi connectivity index (χ3n) is 1.41. The summed E-state index contributed by atoms with van der Waals surface area (Å²) in [7, 11) is 0. The van der Waals surface area contributed by atoms with E-state index >= 15 is 0 Å². The average Bonchev–Trinajstić information content (AvgIpc) is 2.14. The monoisotopic (exact) mass is 255 g/mol. The van der Waals surface area contributed by atoms with Crippen LogP contribution in [0.15, 0.2) is 12.1 Å². The molecule has 0 radical (unpaired) electrons. The van der Waals surface area contributed by atoms with E-state index in [1.54, 1.807) is 0 Å². The van der Waals surface area contributed by atoms with E-state index in [0.29, 0.717) is 0 Å². The number of alkyl halides is 3. The van der Waals surface area contributed by atoms with Crippen LogP contribution in [0.5, 0.6) is 5.88 Å². The SMILES string of the molecule is O=C(O)c1nc(OCC(F)(F)F)ccc1Cl. The van der Waals surface area contributed by atoms with Crippen LogP contribution in [0.25, 0.3) is 0 Å². The highest BCUT2D eigenvalue weighted by atomic mass is 35.5. The van der Waals surface area contributed by atoms with Crippen molar-refractivity contribution in [3.63, 3.8) is 0 Å². The maximum atomic E-state index is 11.8. The van der Waals surface area contributed by atoms with Gasteiger partial charge in [0, 0.05) is 6.07 Å². The van der Waals surface area contributed by atoms with Crippen LogP contribution in [0.4, 0.5) is 13.2 Å². The van der Waals surface area contributed by atoms with Gasteiger partial charge in [-0.2, -0.15) is 13.2 Å². The summed E-state index contributed by atoms with van der Waals surface area (Å²) in [6.45, 7) is -1.54. The molecule has 0 aliphatic rings. The number of aromatic nitrogens is 1. The number of hydrogen-bond donors (Lipinski definition) is 1. The first-order chi connectivity index (χ1) is 7.29. The minimum Gasteiger partial charge on any atom is -0.476 e. The molecule has 0 fully saturated rings. The number of pyridine rings is 1. The van der Waals surface area contributed by atoms with Gasteiger partial charge in [-0.25, -0.2) is 9.78 Å². The second-order valence-electron chi connectivity index (χ2n) is 2.69. The quantitative estimate of drug-likeness (QED) is 0.901. The molecule has 0 saturated carbocycles. The molecule has 1 rings (SSSR count). The second kappa shape index (κ2) is 4.56. The maximum Gasteiger partial charge on any atom is 0.422 e. The van der Waals surface area contributed by atoms with Gasteiger partial charge in [0.2, 0.25) is 5.88 Å². The molecule has 0 aliphatic carbocycles. The van der Waals surface area contributed by atoms with Crippen molar-refractivity contribution in [1.29, 1.82) is 0 Å². The molecule has 0 aromatic carbocycles. The number of carboxylic acid groups (broad SMARTS) is 1. The van der Waals surface area contributed by atoms with Crippen LogP contribution in [0.3, 0.4) is 0 Å². The molecule has 1 heterocycles. The van der Waals surface area contributed by atoms with Gasteiger partial charge in [-0.15, -0.1) is 0 Å². The fourth-order valence-electron chi connectivity index (χ4n) is 0.810. The van der Waals surface area contributed by atoms with Crippen molar-refractivity contribution in [1.82, 2.24) is 4.98 Å². The van der Waals surface area contributed by atoms with E-state index in [1.807, 2.05) is 0 Å². The van der Waals surface area contributed by atoms with Gasteiger partial charge in [-0.3, -0.25) is 0 Å². The van der Waals surface area contributed by atoms with E-state index in [4.69, 9.17) is 16.7 Å². The topological polar surface area (TPSA) is 59.4 Å². The Morgan fingerprint density at radius 3 is 2.62 bits per heavy atom. The summed E-state index contributed by atoms with van der Waals surface area (Å²) in [5.74, 6) is -1.89. The highest BCUT2D eigenvalue weighted by Gasteiger charge is 2.28. The minimum absolute atomic E-state index is 0.174. The van der Waals surface area contributed by atoms with Crippen LogP contribution in [0, 0.1) is 0 Å². The van der Waals surface area contributed by atoms with Crippen molar-refractivity contribution >= 4 is 17.6 Å². The summed E-state index contributed by atoms with van der Waals surface area (Å²) in [6.07, 6.45) is -4.51. The molecule has 88 valence electrons. The van der Waals surface area contributed by atoms with Crippen LogP contribution in [0.1, 0.15) is 10.5 Å². The summed E-state index contributed by atoms with van der Waals surface area (Å²) in [5, 5.41) is 8.42. The smallest absolute Gasteiger partial charge is 0.422 e. The van der Waals surface area contributed by atoms with E-state index in [-0.39, 0.29) is 5.02 Å². The molecular formula is C8H5ClF3NO3. The van der Waals surface area contributed by atoms with Gasteiger partial charge in [-0.1, -0.05) is 11.6 Å². The zero-order chi connectivity index (χ0) is 12.3. The molecule has 0 bridgehead atoms. The lowest BCUT2D eigenvalue weighted by atomic mass is 10.3. The number of halogens is 4. The standard InChI is InChI=1S/C8H5ClF3NO3/c9-4-1-2-5(13-6(4)7(14)15)16-3-8(10,11)12/h1-2H,3H2,(H,14,15). The van der Waals surface area contributed by atoms with Crippen LogP contribution < -0.4 is 4.74 Å². The number of hydrogen-bond acceptors (Lipinski definition) is 3. The molecular weight excluding hydrogens is 251 g/mol. The first-order valence-electron chi connectivity index (χ1n) is 3.89. The van der Waals surface area contributed by atoms with Crippen LogP contribution in [-0.2, 0) is 0 Å². The average molecular weight is 256 g/mol. The van der Waals surface area contributed by atoms with E-state index < -0.39 is 30.3 Å². The minimum atomic E-state index is -4.51. The molecule has 8 heteroatoms.